The fraction of sp³-hybridized carbons (Fsp3) is 0.417. The van der Waals surface area contributed by atoms with Crippen LogP contribution in [0.4, 0.5) is 0 Å². The van der Waals surface area contributed by atoms with Gasteiger partial charge in [0.1, 0.15) is 5.75 Å². The van der Waals surface area contributed by atoms with Gasteiger partial charge in [-0.05, 0) is 43.9 Å². The second-order valence-electron chi connectivity index (χ2n) is 4.07. The molecule has 1 fully saturated rings. The van der Waals surface area contributed by atoms with Crippen molar-refractivity contribution in [1.29, 1.82) is 0 Å². The Morgan fingerprint density at radius 3 is 2.62 bits per heavy atom. The fourth-order valence-corrected chi connectivity index (χ4v) is 2.24. The van der Waals surface area contributed by atoms with E-state index in [0.717, 1.165) is 12.8 Å². The van der Waals surface area contributed by atoms with Gasteiger partial charge in [0.15, 0.2) is 0 Å². The summed E-state index contributed by atoms with van der Waals surface area (Å²) in [4.78, 5) is 11.3. The van der Waals surface area contributed by atoms with E-state index in [4.69, 9.17) is 16.3 Å². The third-order valence-corrected chi connectivity index (χ3v) is 3.15. The predicted octanol–water partition coefficient (Wildman–Crippen LogP) is 3.12. The Bertz CT molecular complexity index is 397. The average Bonchev–Trinajstić information content (AvgIpc) is 2.67. The lowest BCUT2D eigenvalue weighted by atomic mass is 10.0. The number of carbonyl (C=O) groups is 1. The van der Waals surface area contributed by atoms with E-state index in [-0.39, 0.29) is 0 Å². The molecule has 1 aliphatic carbocycles. The second-order valence-corrected chi connectivity index (χ2v) is 4.50. The number of hydrogen-bond donors (Lipinski definition) is 1. The molecule has 0 bridgehead atoms. The van der Waals surface area contributed by atoms with Gasteiger partial charge in [-0.25, -0.2) is 4.79 Å². The summed E-state index contributed by atoms with van der Waals surface area (Å²) in [6, 6.07) is 6.86. The summed E-state index contributed by atoms with van der Waals surface area (Å²) in [5.41, 5.74) is -1.05. The number of aliphatic carboxylic acids is 1. The summed E-state index contributed by atoms with van der Waals surface area (Å²) in [5, 5.41) is 9.79. The normalized spacial score (nSPS) is 18.3. The van der Waals surface area contributed by atoms with Crippen LogP contribution in [-0.4, -0.2) is 16.7 Å². The molecule has 1 aromatic carbocycles. The predicted molar refractivity (Wildman–Crippen MR) is 60.9 cm³/mol. The van der Waals surface area contributed by atoms with Crippen molar-refractivity contribution in [1.82, 2.24) is 0 Å². The molecule has 16 heavy (non-hydrogen) atoms. The van der Waals surface area contributed by atoms with E-state index >= 15 is 0 Å². The van der Waals surface area contributed by atoms with Gasteiger partial charge in [0.25, 0.3) is 0 Å². The van der Waals surface area contributed by atoms with E-state index in [1.54, 1.807) is 24.3 Å². The first-order valence-electron chi connectivity index (χ1n) is 5.30. The monoisotopic (exact) mass is 240 g/mol. The fourth-order valence-electron chi connectivity index (χ4n) is 2.06. The topological polar surface area (TPSA) is 46.5 Å². The molecule has 0 aromatic heterocycles. The van der Waals surface area contributed by atoms with Crippen molar-refractivity contribution >= 4 is 17.6 Å². The summed E-state index contributed by atoms with van der Waals surface area (Å²) in [5.74, 6) is -0.359. The molecule has 2 rings (SSSR count). The molecule has 3 nitrogen and oxygen atoms in total. The van der Waals surface area contributed by atoms with Gasteiger partial charge in [-0.15, -0.1) is 0 Å². The molecular weight excluding hydrogens is 228 g/mol. The summed E-state index contributed by atoms with van der Waals surface area (Å²) in [6.45, 7) is 0. The van der Waals surface area contributed by atoms with Gasteiger partial charge < -0.3 is 9.84 Å². The molecule has 0 amide bonds. The number of hydrogen-bond acceptors (Lipinski definition) is 2. The second kappa shape index (κ2) is 4.34. The Labute approximate surface area is 99.0 Å². The number of rotatable bonds is 3. The molecule has 0 atom stereocenters. The molecule has 4 heteroatoms. The van der Waals surface area contributed by atoms with Gasteiger partial charge in [0.2, 0.25) is 5.60 Å². The highest BCUT2D eigenvalue weighted by Gasteiger charge is 2.43. The third-order valence-electron chi connectivity index (χ3n) is 2.91. The SMILES string of the molecule is O=C(O)C1(Oc2cccc(Cl)c2)CCCC1. The maximum atomic E-state index is 11.3. The first kappa shape index (κ1) is 11.3. The minimum atomic E-state index is -1.05. The first-order chi connectivity index (χ1) is 7.62. The number of ether oxygens (including phenoxy) is 1. The van der Waals surface area contributed by atoms with Gasteiger partial charge in [0.05, 0.1) is 0 Å². The largest absolute Gasteiger partial charge is 0.478 e. The summed E-state index contributed by atoms with van der Waals surface area (Å²) < 4.78 is 5.62. The average molecular weight is 241 g/mol. The van der Waals surface area contributed by atoms with Crippen LogP contribution in [0.5, 0.6) is 5.75 Å². The van der Waals surface area contributed by atoms with Gasteiger partial charge in [-0.1, -0.05) is 17.7 Å². The maximum Gasteiger partial charge on any atom is 0.348 e. The number of halogens is 1. The van der Waals surface area contributed by atoms with Crippen LogP contribution in [0.25, 0.3) is 0 Å². The highest BCUT2D eigenvalue weighted by atomic mass is 35.5. The van der Waals surface area contributed by atoms with Crippen LogP contribution in [0.2, 0.25) is 5.02 Å². The lowest BCUT2D eigenvalue weighted by Crippen LogP contribution is -2.41. The Balaban J connectivity index is 2.21. The molecule has 0 saturated heterocycles. The van der Waals surface area contributed by atoms with Crippen molar-refractivity contribution in [2.45, 2.75) is 31.3 Å². The molecule has 0 spiro atoms. The van der Waals surface area contributed by atoms with Crippen LogP contribution >= 0.6 is 11.6 Å². The standard InChI is InChI=1S/C12H13ClO3/c13-9-4-3-5-10(8-9)16-12(11(14)15)6-1-2-7-12/h3-5,8H,1-2,6-7H2,(H,14,15). The molecule has 0 heterocycles. The van der Waals surface area contributed by atoms with E-state index in [1.165, 1.54) is 0 Å². The number of carboxylic acids is 1. The van der Waals surface area contributed by atoms with Crippen molar-refractivity contribution < 1.29 is 14.6 Å². The molecule has 1 N–H and O–H groups in total. The summed E-state index contributed by atoms with van der Waals surface area (Å²) in [7, 11) is 0. The maximum absolute atomic E-state index is 11.3. The van der Waals surface area contributed by atoms with Crippen LogP contribution < -0.4 is 4.74 Å². The minimum Gasteiger partial charge on any atom is -0.478 e. The molecular formula is C12H13ClO3. The smallest absolute Gasteiger partial charge is 0.348 e. The van der Waals surface area contributed by atoms with E-state index in [1.807, 2.05) is 0 Å². The van der Waals surface area contributed by atoms with E-state index in [2.05, 4.69) is 0 Å². The first-order valence-corrected chi connectivity index (χ1v) is 5.68. The molecule has 0 unspecified atom stereocenters. The van der Waals surface area contributed by atoms with Crippen LogP contribution in [0.3, 0.4) is 0 Å². The van der Waals surface area contributed by atoms with Gasteiger partial charge >= 0.3 is 5.97 Å². The van der Waals surface area contributed by atoms with Gasteiger partial charge in [-0.2, -0.15) is 0 Å². The Morgan fingerprint density at radius 2 is 2.06 bits per heavy atom. The zero-order chi connectivity index (χ0) is 11.6. The van der Waals surface area contributed by atoms with Crippen molar-refractivity contribution in [3.63, 3.8) is 0 Å². The van der Waals surface area contributed by atoms with Gasteiger partial charge in [-0.3, -0.25) is 0 Å². The highest BCUT2D eigenvalue weighted by Crippen LogP contribution is 2.35. The van der Waals surface area contributed by atoms with E-state index < -0.39 is 11.6 Å². The molecule has 1 saturated carbocycles. The van der Waals surface area contributed by atoms with Crippen molar-refractivity contribution in [2.24, 2.45) is 0 Å². The summed E-state index contributed by atoms with van der Waals surface area (Å²) in [6.07, 6.45) is 2.92. The lowest BCUT2D eigenvalue weighted by Gasteiger charge is -2.25. The zero-order valence-electron chi connectivity index (χ0n) is 8.78. The third kappa shape index (κ3) is 2.14. The Kier molecular flexibility index (Phi) is 3.06. The quantitative estimate of drug-likeness (QED) is 0.883. The van der Waals surface area contributed by atoms with Gasteiger partial charge in [0, 0.05) is 5.02 Å². The molecule has 0 aliphatic heterocycles. The molecule has 86 valence electrons. The van der Waals surface area contributed by atoms with Crippen LogP contribution in [0, 0.1) is 0 Å². The van der Waals surface area contributed by atoms with E-state index in [9.17, 15) is 9.90 Å². The van der Waals surface area contributed by atoms with Crippen LogP contribution in [0.15, 0.2) is 24.3 Å². The summed E-state index contributed by atoms with van der Waals surface area (Å²) >= 11 is 5.83. The van der Waals surface area contributed by atoms with E-state index in [0.29, 0.717) is 23.6 Å². The molecule has 1 aromatic rings. The Hall–Kier alpha value is -1.22. The van der Waals surface area contributed by atoms with Crippen LogP contribution in [0.1, 0.15) is 25.7 Å². The van der Waals surface area contributed by atoms with Crippen LogP contribution in [-0.2, 0) is 4.79 Å². The highest BCUT2D eigenvalue weighted by molar-refractivity contribution is 6.30. The minimum absolute atomic E-state index is 0.525. The zero-order valence-corrected chi connectivity index (χ0v) is 9.54. The molecule has 0 radical (unpaired) electrons. The number of benzene rings is 1. The van der Waals surface area contributed by atoms with Crippen molar-refractivity contribution in [3.8, 4) is 5.75 Å². The van der Waals surface area contributed by atoms with Crippen molar-refractivity contribution in [3.05, 3.63) is 29.3 Å². The molecule has 1 aliphatic rings. The number of carboxylic acid groups (broad SMARTS) is 1. The lowest BCUT2D eigenvalue weighted by molar-refractivity contribution is -0.154. The van der Waals surface area contributed by atoms with Crippen molar-refractivity contribution in [2.75, 3.05) is 0 Å². The Morgan fingerprint density at radius 1 is 1.38 bits per heavy atom.